The molecule has 0 radical (unpaired) electrons. The molecule has 0 bridgehead atoms. The fraction of sp³-hybridized carbons (Fsp3) is 0.118. The predicted molar refractivity (Wildman–Crippen MR) is 257 cm³/mol. The van der Waals surface area contributed by atoms with Crippen LogP contribution >= 0.6 is 34.8 Å². The van der Waals surface area contributed by atoms with E-state index in [2.05, 4.69) is 15.3 Å². The Kier molecular flexibility index (Phi) is 16.0. The molecule has 0 aliphatic rings. The third kappa shape index (κ3) is 12.7. The summed E-state index contributed by atoms with van der Waals surface area (Å²) < 4.78 is 137. The summed E-state index contributed by atoms with van der Waals surface area (Å²) in [4.78, 5) is 0. The number of nitrogens with zero attached hydrogens (tertiary/aromatic N) is 6. The summed E-state index contributed by atoms with van der Waals surface area (Å²) in [7, 11) is 4.55. The molecule has 21 heteroatoms. The number of hydrogen-bond acceptors (Lipinski definition) is 6. The van der Waals surface area contributed by atoms with Crippen LogP contribution in [0.15, 0.2) is 164 Å². The number of aromatic nitrogens is 6. The standard InChI is InChI=1S/3C17H12ClF3N2O/c3*1-24-14-8-6-13(7-9-14)23-15(10-16(22-23)17(19,20)21)11-2-4-12(18)5-3-11/h3*2-10H,1H3. The fourth-order valence-electron chi connectivity index (χ4n) is 6.80. The smallest absolute Gasteiger partial charge is 0.435 e. The zero-order valence-electron chi connectivity index (χ0n) is 37.5. The quantitative estimate of drug-likeness (QED) is 0.134. The van der Waals surface area contributed by atoms with E-state index in [1.54, 1.807) is 146 Å². The molecule has 372 valence electrons. The van der Waals surface area contributed by atoms with Gasteiger partial charge in [-0.15, -0.1) is 0 Å². The van der Waals surface area contributed by atoms with Crippen LogP contribution in [-0.2, 0) is 18.5 Å². The lowest BCUT2D eigenvalue weighted by atomic mass is 10.1. The van der Waals surface area contributed by atoms with E-state index in [-0.39, 0.29) is 0 Å². The molecular weight excluding hydrogens is 1020 g/mol. The molecule has 0 saturated heterocycles. The van der Waals surface area contributed by atoms with Crippen molar-refractivity contribution in [2.45, 2.75) is 18.5 Å². The van der Waals surface area contributed by atoms with Crippen molar-refractivity contribution in [2.24, 2.45) is 0 Å². The Labute approximate surface area is 420 Å². The minimum absolute atomic E-state index is 0.323. The van der Waals surface area contributed by atoms with Gasteiger partial charge in [0.15, 0.2) is 17.1 Å². The average Bonchev–Trinajstić information content (AvgIpc) is 4.14. The second-order valence-corrected chi connectivity index (χ2v) is 16.4. The van der Waals surface area contributed by atoms with E-state index in [4.69, 9.17) is 49.0 Å². The van der Waals surface area contributed by atoms with Crippen LogP contribution in [-0.4, -0.2) is 50.7 Å². The SMILES string of the molecule is COc1ccc(-n2nc(C(F)(F)F)cc2-c2ccc(Cl)cc2)cc1.COc1ccc(-n2nc(C(F)(F)F)cc2-c2ccc(Cl)cc2)cc1.COc1ccc(-n2nc(C(F)(F)F)cc2-c2ccc(Cl)cc2)cc1. The Balaban J connectivity index is 0.000000158. The molecule has 0 fully saturated rings. The van der Waals surface area contributed by atoms with Crippen LogP contribution in [0.1, 0.15) is 17.1 Å². The van der Waals surface area contributed by atoms with Gasteiger partial charge in [-0.25, -0.2) is 14.0 Å². The maximum atomic E-state index is 13.1. The van der Waals surface area contributed by atoms with Gasteiger partial charge in [-0.2, -0.15) is 54.8 Å². The van der Waals surface area contributed by atoms with Crippen molar-refractivity contribution < 1.29 is 53.7 Å². The van der Waals surface area contributed by atoms with Gasteiger partial charge in [0.2, 0.25) is 0 Å². The number of hydrogen-bond donors (Lipinski definition) is 0. The van der Waals surface area contributed by atoms with Gasteiger partial charge >= 0.3 is 18.5 Å². The Morgan fingerprint density at radius 2 is 0.542 bits per heavy atom. The summed E-state index contributed by atoms with van der Waals surface area (Å²) in [6, 6.07) is 42.5. The molecule has 0 spiro atoms. The number of halogens is 12. The van der Waals surface area contributed by atoms with Gasteiger partial charge in [0.05, 0.1) is 55.5 Å². The van der Waals surface area contributed by atoms with Crippen LogP contribution in [0.25, 0.3) is 50.8 Å². The molecular formula is C51H36Cl3F9N6O3. The molecule has 0 unspecified atom stereocenters. The third-order valence-electron chi connectivity index (χ3n) is 10.4. The number of rotatable bonds is 9. The van der Waals surface area contributed by atoms with Crippen LogP contribution in [0.4, 0.5) is 39.5 Å². The van der Waals surface area contributed by atoms with Crippen molar-refractivity contribution in [1.29, 1.82) is 0 Å². The summed E-state index contributed by atoms with van der Waals surface area (Å²) in [5, 5.41) is 12.7. The predicted octanol–water partition coefficient (Wildman–Crippen LogP) is 15.7. The molecule has 9 nitrogen and oxygen atoms in total. The minimum Gasteiger partial charge on any atom is -0.497 e. The molecule has 6 aromatic carbocycles. The lowest BCUT2D eigenvalue weighted by Gasteiger charge is -2.08. The lowest BCUT2D eigenvalue weighted by Crippen LogP contribution is -2.07. The van der Waals surface area contributed by atoms with E-state index in [0.29, 0.717) is 83.2 Å². The Bertz CT molecular complexity index is 2860. The first-order chi connectivity index (χ1) is 34.1. The molecule has 0 N–H and O–H groups in total. The molecule has 0 aliphatic heterocycles. The number of benzene rings is 6. The van der Waals surface area contributed by atoms with E-state index in [0.717, 1.165) is 18.2 Å². The van der Waals surface area contributed by atoms with Crippen molar-refractivity contribution in [3.63, 3.8) is 0 Å². The van der Waals surface area contributed by atoms with Crippen molar-refractivity contribution >= 4 is 34.8 Å². The van der Waals surface area contributed by atoms with Gasteiger partial charge in [-0.1, -0.05) is 71.2 Å². The van der Waals surface area contributed by atoms with Gasteiger partial charge in [0.25, 0.3) is 0 Å². The van der Waals surface area contributed by atoms with E-state index >= 15 is 0 Å². The van der Waals surface area contributed by atoms with Gasteiger partial charge in [-0.05, 0) is 127 Å². The Morgan fingerprint density at radius 1 is 0.333 bits per heavy atom. The second-order valence-electron chi connectivity index (χ2n) is 15.1. The van der Waals surface area contributed by atoms with E-state index in [9.17, 15) is 39.5 Å². The van der Waals surface area contributed by atoms with Crippen LogP contribution in [0, 0.1) is 0 Å². The van der Waals surface area contributed by atoms with E-state index in [1.165, 1.54) is 35.4 Å². The largest absolute Gasteiger partial charge is 0.497 e. The number of ether oxygens (including phenoxy) is 3. The molecule has 0 atom stereocenters. The molecule has 3 heterocycles. The van der Waals surface area contributed by atoms with Crippen molar-refractivity contribution in [3.8, 4) is 68.1 Å². The molecule has 9 rings (SSSR count). The highest BCUT2D eigenvalue weighted by molar-refractivity contribution is 6.31. The first-order valence-corrected chi connectivity index (χ1v) is 22.0. The third-order valence-corrected chi connectivity index (χ3v) is 11.1. The van der Waals surface area contributed by atoms with Gasteiger partial charge in [-0.3, -0.25) is 0 Å². The first-order valence-electron chi connectivity index (χ1n) is 20.9. The summed E-state index contributed by atoms with van der Waals surface area (Å²) in [6.07, 6.45) is -13.6. The van der Waals surface area contributed by atoms with Crippen molar-refractivity contribution in [3.05, 3.63) is 196 Å². The lowest BCUT2D eigenvalue weighted by molar-refractivity contribution is -0.142. The average molecular weight is 1060 g/mol. The normalized spacial score (nSPS) is 11.5. The van der Waals surface area contributed by atoms with E-state index < -0.39 is 35.6 Å². The maximum Gasteiger partial charge on any atom is 0.435 e. The van der Waals surface area contributed by atoms with Crippen molar-refractivity contribution in [2.75, 3.05) is 21.3 Å². The maximum absolute atomic E-state index is 13.1. The highest BCUT2D eigenvalue weighted by atomic mass is 35.5. The highest BCUT2D eigenvalue weighted by Crippen LogP contribution is 2.37. The summed E-state index contributed by atoms with van der Waals surface area (Å²) in [5.74, 6) is 1.82. The minimum atomic E-state index is -4.53. The fourth-order valence-corrected chi connectivity index (χ4v) is 7.18. The number of methoxy groups -OCH3 is 3. The topological polar surface area (TPSA) is 81.1 Å². The molecule has 0 aliphatic carbocycles. The first kappa shape index (κ1) is 52.4. The number of alkyl halides is 9. The van der Waals surface area contributed by atoms with Crippen LogP contribution in [0.3, 0.4) is 0 Å². The Hall–Kier alpha value is -7.41. The zero-order chi connectivity index (χ0) is 52.0. The monoisotopic (exact) mass is 1060 g/mol. The summed E-state index contributed by atoms with van der Waals surface area (Å²) in [6.45, 7) is 0. The zero-order valence-corrected chi connectivity index (χ0v) is 39.8. The van der Waals surface area contributed by atoms with Gasteiger partial charge < -0.3 is 14.2 Å². The molecule has 72 heavy (non-hydrogen) atoms. The second kappa shape index (κ2) is 21.9. The summed E-state index contributed by atoms with van der Waals surface area (Å²) >= 11 is 17.6. The van der Waals surface area contributed by atoms with Gasteiger partial charge in [0.1, 0.15) is 17.2 Å². The van der Waals surface area contributed by atoms with Crippen molar-refractivity contribution in [1.82, 2.24) is 29.3 Å². The van der Waals surface area contributed by atoms with Gasteiger partial charge in [0, 0.05) is 31.8 Å². The van der Waals surface area contributed by atoms with E-state index in [1.807, 2.05) is 0 Å². The molecule has 0 amide bonds. The van der Waals surface area contributed by atoms with Crippen LogP contribution in [0.5, 0.6) is 17.2 Å². The van der Waals surface area contributed by atoms with Crippen LogP contribution < -0.4 is 14.2 Å². The Morgan fingerprint density at radius 3 is 0.722 bits per heavy atom. The molecule has 9 aromatic rings. The summed E-state index contributed by atoms with van der Waals surface area (Å²) in [5.41, 5.74) is 1.34. The highest BCUT2D eigenvalue weighted by Gasteiger charge is 2.37. The van der Waals surface area contributed by atoms with Crippen LogP contribution in [0.2, 0.25) is 15.1 Å². The molecule has 3 aromatic heterocycles. The molecule has 0 saturated carbocycles.